The minimum Gasteiger partial charge on any atom is -0.309 e. The lowest BCUT2D eigenvalue weighted by atomic mass is 9.82. The molecule has 0 radical (unpaired) electrons. The SMILES string of the molecule is CC1(C)c2ccccc2-c2cc3c4cc(-c5cccc(-c6cc(-c7ccccc7)nc(-c7ccccc7)n6)c5)ccc4n(-c4ccccc4)c3cc21. The average molecular weight is 666 g/mol. The molecule has 246 valence electrons. The molecular formula is C49H35N3. The zero-order valence-corrected chi connectivity index (χ0v) is 29.1. The van der Waals surface area contributed by atoms with Gasteiger partial charge in [0.05, 0.1) is 22.4 Å². The Morgan fingerprint density at radius 2 is 1.00 bits per heavy atom. The van der Waals surface area contributed by atoms with Gasteiger partial charge in [-0.3, -0.25) is 0 Å². The minimum absolute atomic E-state index is 0.0779. The molecule has 0 amide bonds. The summed E-state index contributed by atoms with van der Waals surface area (Å²) in [6.07, 6.45) is 0. The molecule has 0 fully saturated rings. The summed E-state index contributed by atoms with van der Waals surface area (Å²) in [5, 5.41) is 2.51. The Labute approximate surface area is 303 Å². The smallest absolute Gasteiger partial charge is 0.160 e. The third-order valence-electron chi connectivity index (χ3n) is 10.8. The number of hydrogen-bond donors (Lipinski definition) is 0. The summed E-state index contributed by atoms with van der Waals surface area (Å²) in [7, 11) is 0. The number of rotatable bonds is 5. The van der Waals surface area contributed by atoms with E-state index in [1.165, 1.54) is 49.6 Å². The van der Waals surface area contributed by atoms with Crippen LogP contribution in [-0.4, -0.2) is 14.5 Å². The molecule has 0 spiro atoms. The van der Waals surface area contributed by atoms with E-state index in [-0.39, 0.29) is 5.41 Å². The molecule has 9 aromatic rings. The summed E-state index contributed by atoms with van der Waals surface area (Å²) < 4.78 is 2.43. The van der Waals surface area contributed by atoms with Gasteiger partial charge >= 0.3 is 0 Å². The molecule has 0 saturated heterocycles. The molecule has 0 unspecified atom stereocenters. The molecule has 0 saturated carbocycles. The first-order valence-corrected chi connectivity index (χ1v) is 17.9. The fraction of sp³-hybridized carbons (Fsp3) is 0.0612. The van der Waals surface area contributed by atoms with Gasteiger partial charge < -0.3 is 4.57 Å². The van der Waals surface area contributed by atoms with E-state index in [2.05, 4.69) is 170 Å². The summed E-state index contributed by atoms with van der Waals surface area (Å²) in [6, 6.07) is 62.9. The van der Waals surface area contributed by atoms with Crippen LogP contribution in [0.1, 0.15) is 25.0 Å². The molecule has 2 aromatic heterocycles. The molecule has 3 heteroatoms. The minimum atomic E-state index is -0.0779. The van der Waals surface area contributed by atoms with Gasteiger partial charge in [-0.25, -0.2) is 9.97 Å². The first-order valence-electron chi connectivity index (χ1n) is 17.9. The molecule has 1 aliphatic rings. The van der Waals surface area contributed by atoms with Gasteiger partial charge in [-0.2, -0.15) is 0 Å². The van der Waals surface area contributed by atoms with E-state index >= 15 is 0 Å². The Bertz CT molecular complexity index is 2740. The summed E-state index contributed by atoms with van der Waals surface area (Å²) in [5.74, 6) is 0.717. The Morgan fingerprint density at radius 3 is 1.77 bits per heavy atom. The first kappa shape index (κ1) is 30.3. The predicted molar refractivity (Wildman–Crippen MR) is 216 cm³/mol. The van der Waals surface area contributed by atoms with Crippen LogP contribution in [0.4, 0.5) is 0 Å². The lowest BCUT2D eigenvalue weighted by molar-refractivity contribution is 0.661. The van der Waals surface area contributed by atoms with Gasteiger partial charge in [0.25, 0.3) is 0 Å². The van der Waals surface area contributed by atoms with Gasteiger partial charge in [0.15, 0.2) is 5.82 Å². The highest BCUT2D eigenvalue weighted by molar-refractivity contribution is 6.12. The van der Waals surface area contributed by atoms with Crippen LogP contribution >= 0.6 is 0 Å². The number of fused-ring (bicyclic) bond motifs is 6. The van der Waals surface area contributed by atoms with E-state index in [9.17, 15) is 0 Å². The molecule has 0 bridgehead atoms. The fourth-order valence-corrected chi connectivity index (χ4v) is 8.17. The van der Waals surface area contributed by atoms with Gasteiger partial charge in [0.1, 0.15) is 0 Å². The highest BCUT2D eigenvalue weighted by Gasteiger charge is 2.36. The number of aromatic nitrogens is 3. The second-order valence-corrected chi connectivity index (χ2v) is 14.3. The quantitative estimate of drug-likeness (QED) is 0.183. The maximum atomic E-state index is 5.11. The summed E-state index contributed by atoms with van der Waals surface area (Å²) in [6.45, 7) is 4.71. The second-order valence-electron chi connectivity index (χ2n) is 14.3. The van der Waals surface area contributed by atoms with Crippen LogP contribution in [0, 0.1) is 0 Å². The molecule has 2 heterocycles. The summed E-state index contributed by atoms with van der Waals surface area (Å²) in [4.78, 5) is 10.1. The average Bonchev–Trinajstić information content (AvgIpc) is 3.65. The molecule has 1 aliphatic carbocycles. The van der Waals surface area contributed by atoms with Crippen LogP contribution in [0.5, 0.6) is 0 Å². The van der Waals surface area contributed by atoms with Crippen LogP contribution in [0.3, 0.4) is 0 Å². The molecule has 10 rings (SSSR count). The van der Waals surface area contributed by atoms with Gasteiger partial charge in [-0.05, 0) is 81.9 Å². The second kappa shape index (κ2) is 11.8. The molecular weight excluding hydrogens is 631 g/mol. The third-order valence-corrected chi connectivity index (χ3v) is 10.8. The molecule has 7 aromatic carbocycles. The van der Waals surface area contributed by atoms with Crippen LogP contribution < -0.4 is 0 Å². The van der Waals surface area contributed by atoms with Crippen molar-refractivity contribution in [3.63, 3.8) is 0 Å². The van der Waals surface area contributed by atoms with Gasteiger partial charge in [0, 0.05) is 38.6 Å². The number of hydrogen-bond acceptors (Lipinski definition) is 2. The van der Waals surface area contributed by atoms with Gasteiger partial charge in [-0.15, -0.1) is 0 Å². The lowest BCUT2D eigenvalue weighted by Gasteiger charge is -2.21. The molecule has 0 aliphatic heterocycles. The number of para-hydroxylation sites is 1. The van der Waals surface area contributed by atoms with E-state index in [4.69, 9.17) is 9.97 Å². The summed E-state index contributed by atoms with van der Waals surface area (Å²) in [5.41, 5.74) is 16.2. The third kappa shape index (κ3) is 4.81. The molecule has 0 N–H and O–H groups in total. The first-order chi connectivity index (χ1) is 25.5. The van der Waals surface area contributed by atoms with Crippen LogP contribution in [0.2, 0.25) is 0 Å². The van der Waals surface area contributed by atoms with Crippen molar-refractivity contribution in [2.24, 2.45) is 0 Å². The monoisotopic (exact) mass is 665 g/mol. The predicted octanol–water partition coefficient (Wildman–Crippen LogP) is 12.5. The van der Waals surface area contributed by atoms with Crippen molar-refractivity contribution in [2.45, 2.75) is 19.3 Å². The zero-order valence-electron chi connectivity index (χ0n) is 29.1. The highest BCUT2D eigenvalue weighted by Crippen LogP contribution is 2.51. The number of benzene rings is 7. The van der Waals surface area contributed by atoms with Crippen LogP contribution in [-0.2, 0) is 5.41 Å². The van der Waals surface area contributed by atoms with Crippen molar-refractivity contribution >= 4 is 21.8 Å². The lowest BCUT2D eigenvalue weighted by Crippen LogP contribution is -2.14. The van der Waals surface area contributed by atoms with Crippen molar-refractivity contribution in [3.05, 3.63) is 187 Å². The normalized spacial score (nSPS) is 13.0. The van der Waals surface area contributed by atoms with E-state index in [1.807, 2.05) is 24.3 Å². The summed E-state index contributed by atoms with van der Waals surface area (Å²) >= 11 is 0. The van der Waals surface area contributed by atoms with Gasteiger partial charge in [-0.1, -0.05) is 141 Å². The van der Waals surface area contributed by atoms with E-state index in [0.717, 1.165) is 45.2 Å². The van der Waals surface area contributed by atoms with E-state index in [0.29, 0.717) is 0 Å². The van der Waals surface area contributed by atoms with E-state index in [1.54, 1.807) is 0 Å². The Kier molecular flexibility index (Phi) is 6.84. The molecule has 0 atom stereocenters. The van der Waals surface area contributed by atoms with Crippen molar-refractivity contribution in [1.82, 2.24) is 14.5 Å². The Balaban J connectivity index is 1.15. The van der Waals surface area contributed by atoms with E-state index < -0.39 is 0 Å². The Morgan fingerprint density at radius 1 is 0.404 bits per heavy atom. The fourth-order valence-electron chi connectivity index (χ4n) is 8.17. The van der Waals surface area contributed by atoms with Crippen molar-refractivity contribution in [1.29, 1.82) is 0 Å². The topological polar surface area (TPSA) is 30.7 Å². The van der Waals surface area contributed by atoms with Crippen LogP contribution in [0.25, 0.3) is 83.6 Å². The van der Waals surface area contributed by atoms with Crippen molar-refractivity contribution in [3.8, 4) is 61.8 Å². The largest absolute Gasteiger partial charge is 0.309 e. The van der Waals surface area contributed by atoms with Gasteiger partial charge in [0.2, 0.25) is 0 Å². The molecule has 52 heavy (non-hydrogen) atoms. The maximum absolute atomic E-state index is 5.11. The Hall–Kier alpha value is -6.58. The zero-order chi connectivity index (χ0) is 34.8. The van der Waals surface area contributed by atoms with Crippen molar-refractivity contribution < 1.29 is 0 Å². The van der Waals surface area contributed by atoms with Crippen molar-refractivity contribution in [2.75, 3.05) is 0 Å². The maximum Gasteiger partial charge on any atom is 0.160 e. The highest BCUT2D eigenvalue weighted by atomic mass is 15.0. The van der Waals surface area contributed by atoms with Crippen LogP contribution in [0.15, 0.2) is 176 Å². The standard InChI is InChI=1S/C49H35N3/c1-49(2)42-24-13-12-23-38(42)39-29-41-40-28-35(25-26-46(40)52(47(41)30-43(39)49)37-21-10-5-11-22-37)34-19-14-20-36(27-34)45-31-44(32-15-6-3-7-16-32)50-48(51-45)33-17-8-4-9-18-33/h3-31H,1-2H3. The number of nitrogens with zero attached hydrogens (tertiary/aromatic N) is 3. The molecule has 3 nitrogen and oxygen atoms in total.